The Labute approximate surface area is 160 Å². The van der Waals surface area contributed by atoms with Gasteiger partial charge in [0.1, 0.15) is 12.6 Å². The third-order valence-electron chi connectivity index (χ3n) is 4.77. The Kier molecular flexibility index (Phi) is 5.67. The number of aromatic nitrogens is 2. The molecular formula is C19H25N3O4S. The number of sulfonamides is 1. The summed E-state index contributed by atoms with van der Waals surface area (Å²) in [6.07, 6.45) is 4.55. The van der Waals surface area contributed by atoms with Crippen molar-refractivity contribution in [2.24, 2.45) is 0 Å². The third kappa shape index (κ3) is 4.06. The number of hydrogen-bond donors (Lipinski definition) is 0. The summed E-state index contributed by atoms with van der Waals surface area (Å²) in [6.45, 7) is 6.45. The average molecular weight is 391 g/mol. The number of nitrogens with zero attached hydrogens (tertiary/aromatic N) is 3. The fraction of sp³-hybridized carbons (Fsp3) is 0.474. The van der Waals surface area contributed by atoms with Gasteiger partial charge in [-0.2, -0.15) is 9.40 Å². The Morgan fingerprint density at radius 2 is 1.96 bits per heavy atom. The van der Waals surface area contributed by atoms with E-state index in [4.69, 9.17) is 4.74 Å². The molecule has 1 fully saturated rings. The normalized spacial score (nSPS) is 18.0. The molecule has 7 nitrogen and oxygen atoms in total. The number of carbonyl (C=O) groups excluding carboxylic acids is 1. The monoisotopic (exact) mass is 391 g/mol. The van der Waals surface area contributed by atoms with Crippen LogP contribution >= 0.6 is 0 Å². The summed E-state index contributed by atoms with van der Waals surface area (Å²) >= 11 is 0. The van der Waals surface area contributed by atoms with Crippen LogP contribution in [0.3, 0.4) is 0 Å². The summed E-state index contributed by atoms with van der Waals surface area (Å²) in [5.74, 6) is -0.495. The maximum absolute atomic E-state index is 13.3. The molecule has 0 radical (unpaired) electrons. The first kappa shape index (κ1) is 19.6. The van der Waals surface area contributed by atoms with Crippen molar-refractivity contribution in [2.75, 3.05) is 13.2 Å². The zero-order chi connectivity index (χ0) is 19.6. The lowest BCUT2D eigenvalue weighted by Gasteiger charge is -2.24. The van der Waals surface area contributed by atoms with Gasteiger partial charge in [-0.3, -0.25) is 9.48 Å². The minimum absolute atomic E-state index is 0.160. The van der Waals surface area contributed by atoms with Crippen LogP contribution in [-0.2, 0) is 26.1 Å². The van der Waals surface area contributed by atoms with Crippen molar-refractivity contribution in [3.05, 3.63) is 47.3 Å². The van der Waals surface area contributed by atoms with Gasteiger partial charge in [0.05, 0.1) is 11.4 Å². The molecule has 8 heteroatoms. The molecule has 27 heavy (non-hydrogen) atoms. The molecule has 0 saturated carbocycles. The molecule has 1 unspecified atom stereocenters. The number of benzene rings is 1. The van der Waals surface area contributed by atoms with E-state index in [0.29, 0.717) is 42.0 Å². The first-order valence-electron chi connectivity index (χ1n) is 9.04. The Bertz CT molecular complexity index is 899. The molecule has 0 spiro atoms. The topological polar surface area (TPSA) is 81.5 Å². The second-order valence-corrected chi connectivity index (χ2v) is 8.77. The van der Waals surface area contributed by atoms with E-state index in [-0.39, 0.29) is 6.61 Å². The van der Waals surface area contributed by atoms with Gasteiger partial charge in [0.25, 0.3) is 0 Å². The number of esters is 1. The van der Waals surface area contributed by atoms with Crippen LogP contribution in [0.15, 0.2) is 35.5 Å². The number of hydrogen-bond acceptors (Lipinski definition) is 5. The molecule has 2 heterocycles. The minimum Gasteiger partial charge on any atom is -0.463 e. The predicted molar refractivity (Wildman–Crippen MR) is 101 cm³/mol. The van der Waals surface area contributed by atoms with Crippen LogP contribution in [0, 0.1) is 20.8 Å². The second-order valence-electron chi connectivity index (χ2n) is 6.94. The maximum atomic E-state index is 13.3. The van der Waals surface area contributed by atoms with Crippen LogP contribution in [-0.4, -0.2) is 47.7 Å². The zero-order valence-electron chi connectivity index (χ0n) is 15.9. The van der Waals surface area contributed by atoms with E-state index < -0.39 is 22.0 Å². The van der Waals surface area contributed by atoms with Crippen molar-refractivity contribution >= 4 is 16.0 Å². The van der Waals surface area contributed by atoms with E-state index in [1.807, 2.05) is 19.1 Å². The smallest absolute Gasteiger partial charge is 0.324 e. The lowest BCUT2D eigenvalue weighted by atomic mass is 10.1. The average Bonchev–Trinajstić information content (AvgIpc) is 3.25. The molecule has 1 saturated heterocycles. The van der Waals surface area contributed by atoms with Gasteiger partial charge in [0, 0.05) is 18.9 Å². The van der Waals surface area contributed by atoms with E-state index in [1.165, 1.54) is 4.31 Å². The first-order valence-corrected chi connectivity index (χ1v) is 10.5. The van der Waals surface area contributed by atoms with Gasteiger partial charge in [-0.15, -0.1) is 0 Å². The second kappa shape index (κ2) is 7.82. The number of carbonyl (C=O) groups is 1. The summed E-state index contributed by atoms with van der Waals surface area (Å²) in [5.41, 5.74) is 2.41. The van der Waals surface area contributed by atoms with Gasteiger partial charge in [-0.1, -0.05) is 17.7 Å². The zero-order valence-corrected chi connectivity index (χ0v) is 16.7. The standard InChI is InChI=1S/C19H25N3O4S/c1-14-12-15(2)18(16(3)13-14)27(24,25)22-9-4-6-17(22)19(23)26-11-10-21-8-5-7-20-21/h5,7-8,12-13,17H,4,6,9-11H2,1-3H3. The van der Waals surface area contributed by atoms with Crippen LogP contribution in [0.25, 0.3) is 0 Å². The van der Waals surface area contributed by atoms with Crippen molar-refractivity contribution in [2.45, 2.75) is 51.1 Å². The van der Waals surface area contributed by atoms with Crippen molar-refractivity contribution in [3.63, 3.8) is 0 Å². The molecule has 1 aromatic carbocycles. The lowest BCUT2D eigenvalue weighted by Crippen LogP contribution is -2.42. The van der Waals surface area contributed by atoms with E-state index in [0.717, 1.165) is 5.56 Å². The summed E-state index contributed by atoms with van der Waals surface area (Å²) in [7, 11) is -3.76. The molecule has 0 bridgehead atoms. The molecule has 1 aliphatic heterocycles. The van der Waals surface area contributed by atoms with Gasteiger partial charge < -0.3 is 4.74 Å². The number of aryl methyl sites for hydroxylation is 3. The van der Waals surface area contributed by atoms with Gasteiger partial charge >= 0.3 is 5.97 Å². The summed E-state index contributed by atoms with van der Waals surface area (Å²) in [5, 5.41) is 4.05. The van der Waals surface area contributed by atoms with Crippen molar-refractivity contribution < 1.29 is 17.9 Å². The molecule has 1 atom stereocenters. The third-order valence-corrected chi connectivity index (χ3v) is 6.99. The molecule has 0 amide bonds. The van der Waals surface area contributed by atoms with E-state index in [2.05, 4.69) is 5.10 Å². The molecule has 3 rings (SSSR count). The quantitative estimate of drug-likeness (QED) is 0.705. The Balaban J connectivity index is 1.76. The van der Waals surface area contributed by atoms with Crippen LogP contribution in [0.2, 0.25) is 0 Å². The summed E-state index contributed by atoms with van der Waals surface area (Å²) in [6, 6.07) is 4.73. The highest BCUT2D eigenvalue weighted by Gasteiger charge is 2.41. The SMILES string of the molecule is Cc1cc(C)c(S(=O)(=O)N2CCCC2C(=O)OCCn2cccn2)c(C)c1. The predicted octanol–water partition coefficient (Wildman–Crippen LogP) is 2.20. The molecular weight excluding hydrogens is 366 g/mol. The van der Waals surface area contributed by atoms with E-state index in [1.54, 1.807) is 37.0 Å². The lowest BCUT2D eigenvalue weighted by molar-refractivity contribution is -0.147. The molecule has 2 aromatic rings. The summed E-state index contributed by atoms with van der Waals surface area (Å²) in [4.78, 5) is 12.8. The Morgan fingerprint density at radius 3 is 2.59 bits per heavy atom. The fourth-order valence-corrected chi connectivity index (χ4v) is 5.79. The van der Waals surface area contributed by atoms with Crippen LogP contribution in [0.5, 0.6) is 0 Å². The Hall–Kier alpha value is -2.19. The minimum atomic E-state index is -3.76. The van der Waals surface area contributed by atoms with Gasteiger partial charge in [0.2, 0.25) is 10.0 Å². The fourth-order valence-electron chi connectivity index (χ4n) is 3.72. The molecule has 0 aliphatic carbocycles. The molecule has 1 aromatic heterocycles. The molecule has 1 aliphatic rings. The van der Waals surface area contributed by atoms with Crippen LogP contribution in [0.1, 0.15) is 29.5 Å². The van der Waals surface area contributed by atoms with Crippen molar-refractivity contribution in [1.29, 1.82) is 0 Å². The Morgan fingerprint density at radius 1 is 1.26 bits per heavy atom. The van der Waals surface area contributed by atoms with E-state index >= 15 is 0 Å². The maximum Gasteiger partial charge on any atom is 0.324 e. The van der Waals surface area contributed by atoms with Crippen molar-refractivity contribution in [3.8, 4) is 0 Å². The van der Waals surface area contributed by atoms with Crippen molar-refractivity contribution in [1.82, 2.24) is 14.1 Å². The highest BCUT2D eigenvalue weighted by atomic mass is 32.2. The highest BCUT2D eigenvalue weighted by Crippen LogP contribution is 2.31. The van der Waals surface area contributed by atoms with Gasteiger partial charge in [-0.25, -0.2) is 8.42 Å². The number of rotatable bonds is 6. The number of ether oxygens (including phenoxy) is 1. The summed E-state index contributed by atoms with van der Waals surface area (Å²) < 4.78 is 34.8. The van der Waals surface area contributed by atoms with Gasteiger partial charge in [0.15, 0.2) is 0 Å². The van der Waals surface area contributed by atoms with Crippen LogP contribution in [0.4, 0.5) is 0 Å². The van der Waals surface area contributed by atoms with E-state index in [9.17, 15) is 13.2 Å². The van der Waals surface area contributed by atoms with Crippen LogP contribution < -0.4 is 0 Å². The van der Waals surface area contributed by atoms with Gasteiger partial charge in [-0.05, 0) is 50.8 Å². The first-order chi connectivity index (χ1) is 12.8. The molecule has 0 N–H and O–H groups in total. The highest BCUT2D eigenvalue weighted by molar-refractivity contribution is 7.89. The largest absolute Gasteiger partial charge is 0.463 e. The molecule has 146 valence electrons.